The Morgan fingerprint density at radius 1 is 1.15 bits per heavy atom. The molecule has 1 saturated heterocycles. The Morgan fingerprint density at radius 3 is 2.68 bits per heavy atom. The van der Waals surface area contributed by atoms with Gasteiger partial charge >= 0.3 is 12.0 Å². The molecule has 0 spiro atoms. The zero-order valence-electron chi connectivity index (χ0n) is 19.3. The van der Waals surface area contributed by atoms with Crippen molar-refractivity contribution >= 4 is 40.9 Å². The highest BCUT2D eigenvalue weighted by atomic mass is 35.5. The van der Waals surface area contributed by atoms with Crippen LogP contribution in [0.3, 0.4) is 0 Å². The van der Waals surface area contributed by atoms with Gasteiger partial charge in [-0.1, -0.05) is 18.5 Å². The van der Waals surface area contributed by atoms with Gasteiger partial charge in [-0.2, -0.15) is 0 Å². The van der Waals surface area contributed by atoms with E-state index in [0.717, 1.165) is 16.8 Å². The molecule has 0 radical (unpaired) electrons. The molecule has 0 bridgehead atoms. The van der Waals surface area contributed by atoms with Crippen molar-refractivity contribution in [1.82, 2.24) is 14.9 Å². The topological polar surface area (TPSA) is 105 Å². The molecule has 2 aromatic rings. The number of carbonyl (C=O) groups excluding carboxylic acids is 3. The van der Waals surface area contributed by atoms with Crippen LogP contribution in [0.15, 0.2) is 18.5 Å². The Hall–Kier alpha value is -3.40. The molecule has 180 valence electrons. The Labute approximate surface area is 202 Å². The second-order valence-corrected chi connectivity index (χ2v) is 8.29. The quantitative estimate of drug-likeness (QED) is 0.455. The van der Waals surface area contributed by atoms with Crippen LogP contribution < -0.4 is 14.5 Å². The average Bonchev–Trinajstić information content (AvgIpc) is 3.05. The number of esters is 1. The maximum Gasteiger partial charge on any atom is 0.325 e. The van der Waals surface area contributed by atoms with Crippen molar-refractivity contribution in [2.45, 2.75) is 27.2 Å². The van der Waals surface area contributed by atoms with Gasteiger partial charge in [0.2, 0.25) is 5.88 Å². The smallest absolute Gasteiger partial charge is 0.325 e. The van der Waals surface area contributed by atoms with Crippen LogP contribution in [0.2, 0.25) is 5.15 Å². The van der Waals surface area contributed by atoms with Crippen molar-refractivity contribution in [3.8, 4) is 5.88 Å². The first-order chi connectivity index (χ1) is 16.3. The number of carbonyl (C=O) groups is 3. The van der Waals surface area contributed by atoms with Crippen molar-refractivity contribution in [1.29, 1.82) is 0 Å². The van der Waals surface area contributed by atoms with Gasteiger partial charge in [-0.25, -0.2) is 14.8 Å². The maximum atomic E-state index is 13.3. The lowest BCUT2D eigenvalue weighted by Gasteiger charge is -2.26. The molecule has 1 aromatic heterocycles. The van der Waals surface area contributed by atoms with E-state index >= 15 is 0 Å². The van der Waals surface area contributed by atoms with Crippen LogP contribution >= 0.6 is 11.6 Å². The van der Waals surface area contributed by atoms with Gasteiger partial charge in [0.15, 0.2) is 0 Å². The largest absolute Gasteiger partial charge is 0.475 e. The second kappa shape index (κ2) is 9.84. The summed E-state index contributed by atoms with van der Waals surface area (Å²) in [5.41, 5.74) is 3.35. The summed E-state index contributed by atoms with van der Waals surface area (Å²) in [6.07, 6.45) is 1.90. The number of fused-ring (bicyclic) bond motifs is 1. The molecule has 1 fully saturated rings. The molecule has 0 atom stereocenters. The molecule has 2 aliphatic heterocycles. The molecule has 0 aliphatic carbocycles. The number of rotatable bonds is 6. The molecular weight excluding hydrogens is 462 g/mol. The number of nitrogens with zero attached hydrogens (tertiary/aromatic N) is 5. The summed E-state index contributed by atoms with van der Waals surface area (Å²) in [7, 11) is 0. The lowest BCUT2D eigenvalue weighted by molar-refractivity contribution is -0.143. The van der Waals surface area contributed by atoms with E-state index in [1.54, 1.807) is 16.7 Å². The van der Waals surface area contributed by atoms with Crippen LogP contribution in [0.25, 0.3) is 0 Å². The van der Waals surface area contributed by atoms with Crippen LogP contribution in [0.5, 0.6) is 5.88 Å². The average molecular weight is 488 g/mol. The van der Waals surface area contributed by atoms with Gasteiger partial charge in [0.1, 0.15) is 30.2 Å². The highest BCUT2D eigenvalue weighted by Gasteiger charge is 2.34. The first-order valence-electron chi connectivity index (χ1n) is 11.2. The summed E-state index contributed by atoms with van der Waals surface area (Å²) in [6, 6.07) is 3.54. The second-order valence-electron chi connectivity index (χ2n) is 7.93. The number of urea groups is 1. The molecule has 0 N–H and O–H groups in total. The van der Waals surface area contributed by atoms with E-state index in [-0.39, 0.29) is 48.3 Å². The van der Waals surface area contributed by atoms with Crippen molar-refractivity contribution in [3.05, 3.63) is 40.3 Å². The van der Waals surface area contributed by atoms with E-state index in [0.29, 0.717) is 31.7 Å². The van der Waals surface area contributed by atoms with Gasteiger partial charge in [0, 0.05) is 18.8 Å². The summed E-state index contributed by atoms with van der Waals surface area (Å²) in [5.74, 6) is -0.601. The number of hydrogen-bond donors (Lipinski definition) is 0. The number of hydrogen-bond acceptors (Lipinski definition) is 7. The Morgan fingerprint density at radius 2 is 1.94 bits per heavy atom. The molecule has 10 nitrogen and oxygen atoms in total. The van der Waals surface area contributed by atoms with Crippen molar-refractivity contribution in [2.75, 3.05) is 49.2 Å². The molecule has 11 heteroatoms. The summed E-state index contributed by atoms with van der Waals surface area (Å²) < 4.78 is 10.6. The minimum atomic E-state index is -0.426. The Kier molecular flexibility index (Phi) is 6.87. The lowest BCUT2D eigenvalue weighted by atomic mass is 10.0. The molecular formula is C23H26ClN5O5. The fourth-order valence-corrected chi connectivity index (χ4v) is 4.50. The zero-order chi connectivity index (χ0) is 24.4. The van der Waals surface area contributed by atoms with Crippen molar-refractivity contribution < 1.29 is 23.9 Å². The highest BCUT2D eigenvalue weighted by molar-refractivity contribution is 6.33. The van der Waals surface area contributed by atoms with E-state index in [9.17, 15) is 14.4 Å². The van der Waals surface area contributed by atoms with E-state index in [1.165, 1.54) is 11.2 Å². The van der Waals surface area contributed by atoms with Gasteiger partial charge < -0.3 is 19.3 Å². The Bertz CT molecular complexity index is 1140. The fraction of sp³-hybridized carbons (Fsp3) is 0.435. The van der Waals surface area contributed by atoms with Gasteiger partial charge in [-0.05, 0) is 43.5 Å². The SMILES string of the molecule is CCOC(=O)CN1CCN(c2c(C)cc(N3CCOc4ncnc(Cl)c4C3=O)cc2CC)C1=O. The normalized spacial score (nSPS) is 15.8. The number of aromatic nitrogens is 2. The minimum absolute atomic E-state index is 0.0373. The van der Waals surface area contributed by atoms with E-state index in [4.69, 9.17) is 21.1 Å². The molecule has 1 aromatic carbocycles. The summed E-state index contributed by atoms with van der Waals surface area (Å²) in [5, 5.41) is 0.0373. The monoisotopic (exact) mass is 487 g/mol. The molecule has 3 heterocycles. The maximum absolute atomic E-state index is 13.3. The first-order valence-corrected chi connectivity index (χ1v) is 11.5. The molecule has 0 saturated carbocycles. The predicted octanol–water partition coefficient (Wildman–Crippen LogP) is 2.85. The van der Waals surface area contributed by atoms with Crippen LogP contribution in [0, 0.1) is 6.92 Å². The summed E-state index contributed by atoms with van der Waals surface area (Å²) in [6.45, 7) is 7.27. The molecule has 34 heavy (non-hydrogen) atoms. The summed E-state index contributed by atoms with van der Waals surface area (Å²) in [4.78, 5) is 51.0. The lowest BCUT2D eigenvalue weighted by Crippen LogP contribution is -2.36. The number of anilines is 2. The van der Waals surface area contributed by atoms with Crippen LogP contribution in [-0.2, 0) is 16.0 Å². The van der Waals surface area contributed by atoms with E-state index in [2.05, 4.69) is 9.97 Å². The number of benzene rings is 1. The van der Waals surface area contributed by atoms with Gasteiger partial charge in [0.05, 0.1) is 18.8 Å². The molecule has 2 aliphatic rings. The predicted molar refractivity (Wildman–Crippen MR) is 126 cm³/mol. The van der Waals surface area contributed by atoms with Crippen LogP contribution in [0.4, 0.5) is 16.2 Å². The number of amides is 3. The standard InChI is InChI=1S/C23H26ClN5O5/c1-4-15-11-16(28-8-9-34-21-18(22(28)31)20(24)25-13-26-21)10-14(3)19(15)29-7-6-27(23(29)32)12-17(30)33-5-2/h10-11,13H,4-9,12H2,1-3H3. The Balaban J connectivity index is 1.64. The first kappa shape index (κ1) is 23.7. The third-order valence-corrected chi connectivity index (χ3v) is 6.11. The van der Waals surface area contributed by atoms with Gasteiger partial charge in [0.25, 0.3) is 5.91 Å². The van der Waals surface area contributed by atoms with E-state index in [1.807, 2.05) is 26.0 Å². The van der Waals surface area contributed by atoms with Gasteiger partial charge in [-0.15, -0.1) is 0 Å². The third-order valence-electron chi connectivity index (χ3n) is 5.83. The molecule has 0 unspecified atom stereocenters. The number of halogens is 1. The van der Waals surface area contributed by atoms with Gasteiger partial charge in [-0.3, -0.25) is 14.5 Å². The molecule has 4 rings (SSSR count). The summed E-state index contributed by atoms with van der Waals surface area (Å²) >= 11 is 6.19. The van der Waals surface area contributed by atoms with Crippen molar-refractivity contribution in [3.63, 3.8) is 0 Å². The third kappa shape index (κ3) is 4.37. The zero-order valence-corrected chi connectivity index (χ0v) is 20.1. The minimum Gasteiger partial charge on any atom is -0.475 e. The number of aryl methyl sites for hydroxylation is 2. The van der Waals surface area contributed by atoms with E-state index < -0.39 is 5.97 Å². The highest BCUT2D eigenvalue weighted by Crippen LogP contribution is 2.35. The van der Waals surface area contributed by atoms with Crippen LogP contribution in [0.1, 0.15) is 35.3 Å². The van der Waals surface area contributed by atoms with Crippen LogP contribution in [-0.4, -0.2) is 72.2 Å². The number of ether oxygens (including phenoxy) is 2. The van der Waals surface area contributed by atoms with Crippen molar-refractivity contribution in [2.24, 2.45) is 0 Å². The molecule has 3 amide bonds. The fourth-order valence-electron chi connectivity index (χ4n) is 4.30.